The zero-order chi connectivity index (χ0) is 16.1. The van der Waals surface area contributed by atoms with E-state index < -0.39 is 0 Å². The van der Waals surface area contributed by atoms with Gasteiger partial charge < -0.3 is 9.64 Å². The zero-order valence-electron chi connectivity index (χ0n) is 13.1. The normalized spacial score (nSPS) is 23.1. The van der Waals surface area contributed by atoms with Crippen molar-refractivity contribution < 1.29 is 9.53 Å². The van der Waals surface area contributed by atoms with Crippen LogP contribution in [0.1, 0.15) is 26.7 Å². The summed E-state index contributed by atoms with van der Waals surface area (Å²) in [4.78, 5) is 18.8. The molecule has 0 unspecified atom stereocenters. The average Bonchev–Trinajstić information content (AvgIpc) is 2.83. The molecule has 2 atom stereocenters. The Hall–Kier alpha value is -1.20. The molecule has 120 valence electrons. The molecule has 2 rings (SSSR count). The van der Waals surface area contributed by atoms with E-state index in [-0.39, 0.29) is 17.3 Å². The van der Waals surface area contributed by atoms with E-state index in [2.05, 4.69) is 23.7 Å². The summed E-state index contributed by atoms with van der Waals surface area (Å²) in [5, 5.41) is 1.33. The number of halogens is 1. The summed E-state index contributed by atoms with van der Waals surface area (Å²) in [6.07, 6.45) is 2.17. The number of nitrogens with zero attached hydrogens (tertiary/aromatic N) is 2. The van der Waals surface area contributed by atoms with Crippen LogP contribution in [0.15, 0.2) is 29.3 Å². The van der Waals surface area contributed by atoms with Gasteiger partial charge in [-0.1, -0.05) is 36.7 Å². The van der Waals surface area contributed by atoms with E-state index in [1.165, 1.54) is 18.9 Å². The molecule has 0 radical (unpaired) electrons. The number of unbranched alkanes of at least 4 members (excludes halogenated alkanes) is 1. The SMILES string of the molecule is CCCCN1C(=Nc2ccc(Cl)cc2)S[C@H](C(=O)OC)[C@@H]1C. The van der Waals surface area contributed by atoms with Crippen LogP contribution >= 0.6 is 23.4 Å². The first-order valence-electron chi connectivity index (χ1n) is 7.42. The number of aliphatic imine (C=N–C) groups is 1. The number of rotatable bonds is 5. The third kappa shape index (κ3) is 3.96. The van der Waals surface area contributed by atoms with Gasteiger partial charge in [0.25, 0.3) is 0 Å². The molecule has 1 heterocycles. The summed E-state index contributed by atoms with van der Waals surface area (Å²) in [5.74, 6) is -0.194. The number of hydrogen-bond acceptors (Lipinski definition) is 4. The van der Waals surface area contributed by atoms with Gasteiger partial charge in [0, 0.05) is 11.6 Å². The predicted octanol–water partition coefficient (Wildman–Crippen LogP) is 4.11. The van der Waals surface area contributed by atoms with Crippen molar-refractivity contribution in [3.8, 4) is 0 Å². The van der Waals surface area contributed by atoms with Gasteiger partial charge in [-0.3, -0.25) is 4.79 Å². The van der Waals surface area contributed by atoms with Gasteiger partial charge in [-0.25, -0.2) is 4.99 Å². The van der Waals surface area contributed by atoms with E-state index in [0.29, 0.717) is 5.02 Å². The molecule has 1 aliphatic heterocycles. The van der Waals surface area contributed by atoms with Crippen LogP contribution in [0, 0.1) is 0 Å². The Morgan fingerprint density at radius 3 is 2.68 bits per heavy atom. The van der Waals surface area contributed by atoms with Crippen molar-refractivity contribution in [1.29, 1.82) is 0 Å². The van der Waals surface area contributed by atoms with Crippen molar-refractivity contribution in [2.24, 2.45) is 4.99 Å². The topological polar surface area (TPSA) is 41.9 Å². The molecule has 1 aromatic rings. The Kier molecular flexibility index (Phi) is 6.15. The highest BCUT2D eigenvalue weighted by atomic mass is 35.5. The second-order valence-electron chi connectivity index (χ2n) is 5.22. The molecular weight excluding hydrogens is 320 g/mol. The molecule has 22 heavy (non-hydrogen) atoms. The summed E-state index contributed by atoms with van der Waals surface area (Å²) in [7, 11) is 1.43. The Balaban J connectivity index is 2.25. The lowest BCUT2D eigenvalue weighted by atomic mass is 10.2. The zero-order valence-corrected chi connectivity index (χ0v) is 14.7. The van der Waals surface area contributed by atoms with Gasteiger partial charge in [0.05, 0.1) is 18.8 Å². The number of carbonyl (C=O) groups excluding carboxylic acids is 1. The number of amidine groups is 1. The minimum atomic E-state index is -0.229. The number of esters is 1. The van der Waals surface area contributed by atoms with Crippen LogP contribution in [0.2, 0.25) is 5.02 Å². The predicted molar refractivity (Wildman–Crippen MR) is 93.0 cm³/mol. The van der Waals surface area contributed by atoms with E-state index in [0.717, 1.165) is 30.2 Å². The Morgan fingerprint density at radius 2 is 2.09 bits per heavy atom. The molecule has 0 amide bonds. The number of benzene rings is 1. The summed E-state index contributed by atoms with van der Waals surface area (Å²) < 4.78 is 4.91. The van der Waals surface area contributed by atoms with E-state index >= 15 is 0 Å². The summed E-state index contributed by atoms with van der Waals surface area (Å²) in [5.41, 5.74) is 0.839. The first-order valence-corrected chi connectivity index (χ1v) is 8.68. The van der Waals surface area contributed by atoms with Crippen molar-refractivity contribution in [1.82, 2.24) is 4.90 Å². The van der Waals surface area contributed by atoms with Gasteiger partial charge >= 0.3 is 5.97 Å². The highest BCUT2D eigenvalue weighted by Gasteiger charge is 2.41. The van der Waals surface area contributed by atoms with Gasteiger partial charge in [0.15, 0.2) is 5.17 Å². The molecule has 1 aliphatic rings. The van der Waals surface area contributed by atoms with Crippen LogP contribution in [0.25, 0.3) is 0 Å². The van der Waals surface area contributed by atoms with E-state index in [4.69, 9.17) is 16.3 Å². The standard InChI is InChI=1S/C16H21ClN2O2S/c1-4-5-10-19-11(2)14(15(20)21-3)22-16(19)18-13-8-6-12(17)7-9-13/h6-9,11,14H,4-5,10H2,1-3H3/t11-,14-/m0/s1. The fraction of sp³-hybridized carbons (Fsp3) is 0.500. The van der Waals surface area contributed by atoms with Gasteiger partial charge in [-0.2, -0.15) is 0 Å². The molecule has 1 aromatic carbocycles. The second-order valence-corrected chi connectivity index (χ2v) is 6.77. The number of methoxy groups -OCH3 is 1. The van der Waals surface area contributed by atoms with Gasteiger partial charge in [-0.15, -0.1) is 0 Å². The average molecular weight is 341 g/mol. The quantitative estimate of drug-likeness (QED) is 0.756. The van der Waals surface area contributed by atoms with Crippen molar-refractivity contribution in [2.75, 3.05) is 13.7 Å². The van der Waals surface area contributed by atoms with Crippen molar-refractivity contribution in [2.45, 2.75) is 38.0 Å². The highest BCUT2D eigenvalue weighted by Crippen LogP contribution is 2.34. The lowest BCUT2D eigenvalue weighted by Gasteiger charge is -2.24. The van der Waals surface area contributed by atoms with Gasteiger partial charge in [-0.05, 0) is 37.6 Å². The summed E-state index contributed by atoms with van der Waals surface area (Å²) in [6.45, 7) is 5.10. The number of thioether (sulfide) groups is 1. The smallest absolute Gasteiger partial charge is 0.321 e. The third-order valence-corrected chi connectivity index (χ3v) is 5.27. The molecule has 0 aliphatic carbocycles. The lowest BCUT2D eigenvalue weighted by Crippen LogP contribution is -2.38. The van der Waals surface area contributed by atoms with Gasteiger partial charge in [0.1, 0.15) is 5.25 Å². The highest BCUT2D eigenvalue weighted by molar-refractivity contribution is 8.15. The van der Waals surface area contributed by atoms with Gasteiger partial charge in [0.2, 0.25) is 0 Å². The summed E-state index contributed by atoms with van der Waals surface area (Å²) >= 11 is 7.38. The minimum Gasteiger partial charge on any atom is -0.468 e. The molecule has 0 saturated carbocycles. The number of carbonyl (C=O) groups is 1. The van der Waals surface area contributed by atoms with Crippen LogP contribution in [0.5, 0.6) is 0 Å². The molecule has 0 spiro atoms. The van der Waals surface area contributed by atoms with E-state index in [1.54, 1.807) is 0 Å². The number of ether oxygens (including phenoxy) is 1. The molecule has 4 nitrogen and oxygen atoms in total. The third-order valence-electron chi connectivity index (χ3n) is 3.65. The van der Waals surface area contributed by atoms with E-state index in [1.807, 2.05) is 24.3 Å². The maximum atomic E-state index is 11.9. The van der Waals surface area contributed by atoms with Crippen molar-refractivity contribution in [3.63, 3.8) is 0 Å². The van der Waals surface area contributed by atoms with Crippen LogP contribution in [-0.4, -0.2) is 41.0 Å². The monoisotopic (exact) mass is 340 g/mol. The molecule has 0 N–H and O–H groups in total. The van der Waals surface area contributed by atoms with Crippen LogP contribution < -0.4 is 0 Å². The molecule has 1 fully saturated rings. The first-order chi connectivity index (χ1) is 10.6. The van der Waals surface area contributed by atoms with Crippen LogP contribution in [-0.2, 0) is 9.53 Å². The molecule has 1 saturated heterocycles. The van der Waals surface area contributed by atoms with Crippen LogP contribution in [0.4, 0.5) is 5.69 Å². The molecule has 6 heteroatoms. The number of hydrogen-bond donors (Lipinski definition) is 0. The van der Waals surface area contributed by atoms with Crippen LogP contribution in [0.3, 0.4) is 0 Å². The Bertz CT molecular complexity index is 548. The maximum Gasteiger partial charge on any atom is 0.321 e. The molecule has 0 aromatic heterocycles. The first kappa shape index (κ1) is 17.2. The molecular formula is C16H21ClN2O2S. The minimum absolute atomic E-state index is 0.0788. The molecule has 0 bridgehead atoms. The maximum absolute atomic E-state index is 11.9. The fourth-order valence-electron chi connectivity index (χ4n) is 2.32. The van der Waals surface area contributed by atoms with Crippen molar-refractivity contribution >= 4 is 40.2 Å². The second kappa shape index (κ2) is 7.88. The fourth-order valence-corrected chi connectivity index (χ4v) is 3.76. The summed E-state index contributed by atoms with van der Waals surface area (Å²) in [6, 6.07) is 7.47. The van der Waals surface area contributed by atoms with Crippen molar-refractivity contribution in [3.05, 3.63) is 29.3 Å². The Labute approximate surface area is 140 Å². The Morgan fingerprint density at radius 1 is 1.41 bits per heavy atom. The lowest BCUT2D eigenvalue weighted by molar-refractivity contribution is -0.140. The van der Waals surface area contributed by atoms with E-state index in [9.17, 15) is 4.79 Å². The largest absolute Gasteiger partial charge is 0.468 e.